The minimum absolute atomic E-state index is 0.0533. The maximum atomic E-state index is 14.1. The van der Waals surface area contributed by atoms with Crippen LogP contribution >= 0.6 is 0 Å². The molecule has 2 heterocycles. The van der Waals surface area contributed by atoms with Gasteiger partial charge in [-0.3, -0.25) is 14.9 Å². The van der Waals surface area contributed by atoms with Crippen LogP contribution < -0.4 is 10.5 Å². The summed E-state index contributed by atoms with van der Waals surface area (Å²) in [6.07, 6.45) is 0.583. The third-order valence-electron chi connectivity index (χ3n) is 5.15. The van der Waals surface area contributed by atoms with Crippen LogP contribution in [-0.4, -0.2) is 32.7 Å². The second-order valence-electron chi connectivity index (χ2n) is 7.01. The Balaban J connectivity index is 1.87. The van der Waals surface area contributed by atoms with Gasteiger partial charge in [0.2, 0.25) is 0 Å². The molecular weight excluding hydrogens is 379 g/mol. The average molecular weight is 398 g/mol. The first-order valence-corrected chi connectivity index (χ1v) is 9.32. The van der Waals surface area contributed by atoms with Gasteiger partial charge in [0.1, 0.15) is 5.82 Å². The highest BCUT2D eigenvalue weighted by Crippen LogP contribution is 2.25. The Hall–Kier alpha value is -3.33. The SMILES string of the molecule is O=c1c(N2CCCC2)nc2ccc([N+](=O)[O-])cc2n1C[C@@H](O)c1ccccc1F. The van der Waals surface area contributed by atoms with Crippen molar-refractivity contribution in [1.82, 2.24) is 9.55 Å². The van der Waals surface area contributed by atoms with Gasteiger partial charge < -0.3 is 14.6 Å². The maximum absolute atomic E-state index is 14.1. The lowest BCUT2D eigenvalue weighted by Gasteiger charge is -2.20. The van der Waals surface area contributed by atoms with Crippen molar-refractivity contribution < 1.29 is 14.4 Å². The fourth-order valence-electron chi connectivity index (χ4n) is 3.66. The van der Waals surface area contributed by atoms with E-state index in [1.165, 1.54) is 41.0 Å². The molecule has 29 heavy (non-hydrogen) atoms. The van der Waals surface area contributed by atoms with Crippen LogP contribution in [0.15, 0.2) is 47.3 Å². The van der Waals surface area contributed by atoms with E-state index in [1.807, 2.05) is 4.90 Å². The molecule has 1 atom stereocenters. The Bertz CT molecular complexity index is 1140. The molecule has 0 spiro atoms. The van der Waals surface area contributed by atoms with Gasteiger partial charge in [-0.2, -0.15) is 0 Å². The van der Waals surface area contributed by atoms with Crippen LogP contribution in [0.5, 0.6) is 0 Å². The summed E-state index contributed by atoms with van der Waals surface area (Å²) in [6.45, 7) is 1.13. The third-order valence-corrected chi connectivity index (χ3v) is 5.15. The first kappa shape index (κ1) is 19.0. The minimum atomic E-state index is -1.30. The molecular formula is C20H19FN4O4. The van der Waals surface area contributed by atoms with E-state index >= 15 is 0 Å². The summed E-state index contributed by atoms with van der Waals surface area (Å²) in [4.78, 5) is 30.1. The smallest absolute Gasteiger partial charge is 0.294 e. The molecule has 0 aliphatic carbocycles. The topological polar surface area (TPSA) is 102 Å². The lowest BCUT2D eigenvalue weighted by atomic mass is 10.1. The van der Waals surface area contributed by atoms with Gasteiger partial charge in [0.15, 0.2) is 5.82 Å². The van der Waals surface area contributed by atoms with Gasteiger partial charge in [0.25, 0.3) is 11.2 Å². The Morgan fingerprint density at radius 1 is 1.21 bits per heavy atom. The van der Waals surface area contributed by atoms with Crippen LogP contribution in [0.2, 0.25) is 0 Å². The molecule has 2 aromatic carbocycles. The number of aromatic nitrogens is 2. The van der Waals surface area contributed by atoms with Crippen molar-refractivity contribution in [3.05, 3.63) is 74.3 Å². The molecule has 1 saturated heterocycles. The molecule has 0 unspecified atom stereocenters. The number of aliphatic hydroxyl groups is 1. The van der Waals surface area contributed by atoms with Crippen LogP contribution in [0.3, 0.4) is 0 Å². The number of halogens is 1. The van der Waals surface area contributed by atoms with Crippen molar-refractivity contribution >= 4 is 22.5 Å². The number of non-ortho nitro benzene ring substituents is 1. The molecule has 1 aliphatic heterocycles. The van der Waals surface area contributed by atoms with E-state index in [-0.39, 0.29) is 29.1 Å². The number of fused-ring (bicyclic) bond motifs is 1. The molecule has 0 saturated carbocycles. The highest BCUT2D eigenvalue weighted by atomic mass is 19.1. The largest absolute Gasteiger partial charge is 0.386 e. The molecule has 0 bridgehead atoms. The molecule has 0 radical (unpaired) electrons. The Labute approximate surface area is 165 Å². The van der Waals surface area contributed by atoms with Gasteiger partial charge in [0.05, 0.1) is 28.6 Å². The lowest BCUT2D eigenvalue weighted by molar-refractivity contribution is -0.384. The number of nitro benzene ring substituents is 1. The summed E-state index contributed by atoms with van der Waals surface area (Å²) in [5, 5.41) is 21.8. The first-order chi connectivity index (χ1) is 14.0. The molecule has 1 aromatic heterocycles. The van der Waals surface area contributed by atoms with Crippen molar-refractivity contribution in [2.45, 2.75) is 25.5 Å². The summed E-state index contributed by atoms with van der Waals surface area (Å²) in [5.41, 5.74) is 0.0231. The lowest BCUT2D eigenvalue weighted by Crippen LogP contribution is -2.33. The Kier molecular flexibility index (Phi) is 4.98. The van der Waals surface area contributed by atoms with E-state index in [4.69, 9.17) is 0 Å². The molecule has 1 fully saturated rings. The van der Waals surface area contributed by atoms with Crippen LogP contribution in [0.25, 0.3) is 11.0 Å². The van der Waals surface area contributed by atoms with Gasteiger partial charge in [0, 0.05) is 30.8 Å². The Morgan fingerprint density at radius 2 is 1.93 bits per heavy atom. The molecule has 4 rings (SSSR count). The highest BCUT2D eigenvalue weighted by Gasteiger charge is 2.23. The maximum Gasteiger partial charge on any atom is 0.294 e. The fraction of sp³-hybridized carbons (Fsp3) is 0.300. The van der Waals surface area contributed by atoms with E-state index in [9.17, 15) is 24.4 Å². The second kappa shape index (κ2) is 7.59. The van der Waals surface area contributed by atoms with E-state index in [0.717, 1.165) is 12.8 Å². The van der Waals surface area contributed by atoms with Crippen LogP contribution in [0.4, 0.5) is 15.9 Å². The van der Waals surface area contributed by atoms with E-state index in [1.54, 1.807) is 6.07 Å². The monoisotopic (exact) mass is 398 g/mol. The number of hydrogen-bond donors (Lipinski definition) is 1. The number of nitrogens with zero attached hydrogens (tertiary/aromatic N) is 4. The molecule has 1 N–H and O–H groups in total. The summed E-state index contributed by atoms with van der Waals surface area (Å²) >= 11 is 0. The summed E-state index contributed by atoms with van der Waals surface area (Å²) in [7, 11) is 0. The van der Waals surface area contributed by atoms with Crippen molar-refractivity contribution in [3.63, 3.8) is 0 Å². The van der Waals surface area contributed by atoms with Gasteiger partial charge >= 0.3 is 0 Å². The van der Waals surface area contributed by atoms with E-state index in [0.29, 0.717) is 18.6 Å². The van der Waals surface area contributed by atoms with Crippen molar-refractivity contribution in [2.24, 2.45) is 0 Å². The molecule has 0 amide bonds. The van der Waals surface area contributed by atoms with Crippen molar-refractivity contribution in [2.75, 3.05) is 18.0 Å². The van der Waals surface area contributed by atoms with Gasteiger partial charge in [-0.1, -0.05) is 18.2 Å². The number of rotatable bonds is 5. The highest BCUT2D eigenvalue weighted by molar-refractivity contribution is 5.79. The molecule has 150 valence electrons. The standard InChI is InChI=1S/C20H19FN4O4/c21-15-6-2-1-5-14(15)18(26)12-24-17-11-13(25(28)29)7-8-16(17)22-19(20(24)27)23-9-3-4-10-23/h1-2,5-8,11,18,26H,3-4,9-10,12H2/t18-/m1/s1. The molecule has 1 aliphatic rings. The summed E-state index contributed by atoms with van der Waals surface area (Å²) in [5.74, 6) is -0.346. The second-order valence-corrected chi connectivity index (χ2v) is 7.01. The quantitative estimate of drug-likeness (QED) is 0.524. The molecule has 3 aromatic rings. The number of hydrogen-bond acceptors (Lipinski definition) is 6. The zero-order chi connectivity index (χ0) is 20.5. The van der Waals surface area contributed by atoms with Crippen LogP contribution in [0, 0.1) is 15.9 Å². The van der Waals surface area contributed by atoms with Crippen molar-refractivity contribution in [3.8, 4) is 0 Å². The zero-order valence-electron chi connectivity index (χ0n) is 15.5. The average Bonchev–Trinajstić information content (AvgIpc) is 3.24. The number of anilines is 1. The number of benzene rings is 2. The van der Waals surface area contributed by atoms with Crippen LogP contribution in [0.1, 0.15) is 24.5 Å². The first-order valence-electron chi connectivity index (χ1n) is 9.32. The van der Waals surface area contributed by atoms with E-state index < -0.39 is 22.4 Å². The van der Waals surface area contributed by atoms with Crippen LogP contribution in [-0.2, 0) is 6.54 Å². The normalized spacial score (nSPS) is 15.0. The molecule has 8 nitrogen and oxygen atoms in total. The number of nitro groups is 1. The number of aliphatic hydroxyl groups excluding tert-OH is 1. The summed E-state index contributed by atoms with van der Waals surface area (Å²) in [6, 6.07) is 9.84. The molecule has 9 heteroatoms. The summed E-state index contributed by atoms with van der Waals surface area (Å²) < 4.78 is 15.3. The van der Waals surface area contributed by atoms with Gasteiger partial charge in [-0.25, -0.2) is 9.37 Å². The predicted molar refractivity (Wildman–Crippen MR) is 105 cm³/mol. The van der Waals surface area contributed by atoms with Gasteiger partial charge in [-0.15, -0.1) is 0 Å². The predicted octanol–water partition coefficient (Wildman–Crippen LogP) is 2.78. The third kappa shape index (κ3) is 3.56. The fourth-order valence-corrected chi connectivity index (χ4v) is 3.66. The van der Waals surface area contributed by atoms with E-state index in [2.05, 4.69) is 4.98 Å². The zero-order valence-corrected chi connectivity index (χ0v) is 15.5. The minimum Gasteiger partial charge on any atom is -0.386 e. The van der Waals surface area contributed by atoms with Crippen molar-refractivity contribution in [1.29, 1.82) is 0 Å². The Morgan fingerprint density at radius 3 is 2.62 bits per heavy atom. The van der Waals surface area contributed by atoms with Gasteiger partial charge in [-0.05, 0) is 25.0 Å².